The van der Waals surface area contributed by atoms with Gasteiger partial charge in [0.25, 0.3) is 5.56 Å². The molecule has 0 saturated carbocycles. The number of hydrogen-bond donors (Lipinski definition) is 2. The number of anilines is 2. The number of nitrogens with zero attached hydrogens (tertiary/aromatic N) is 2. The summed E-state index contributed by atoms with van der Waals surface area (Å²) < 4.78 is 1.30. The number of H-pyrrole nitrogens is 1. The van der Waals surface area contributed by atoms with Crippen molar-refractivity contribution in [3.8, 4) is 0 Å². The lowest BCUT2D eigenvalue weighted by Crippen LogP contribution is -2.42. The molecule has 2 aromatic rings. The molecule has 0 aliphatic heterocycles. The highest BCUT2D eigenvalue weighted by atomic mass is 35.5. The molecule has 7 nitrogen and oxygen atoms in total. The number of thioether (sulfide) groups is 1. The molecule has 0 aliphatic carbocycles. The maximum absolute atomic E-state index is 13.0. The molecule has 28 heavy (non-hydrogen) atoms. The van der Waals surface area contributed by atoms with Crippen LogP contribution < -0.4 is 21.9 Å². The van der Waals surface area contributed by atoms with Gasteiger partial charge in [0.15, 0.2) is 5.69 Å². The highest BCUT2D eigenvalue weighted by molar-refractivity contribution is 8.00. The number of carbonyl (C=O) groups excluding carboxylic acids is 1. The van der Waals surface area contributed by atoms with Gasteiger partial charge in [0.05, 0.1) is 10.8 Å². The van der Waals surface area contributed by atoms with Crippen molar-refractivity contribution >= 4 is 40.8 Å². The van der Waals surface area contributed by atoms with Gasteiger partial charge in [-0.05, 0) is 25.0 Å². The molecule has 0 radical (unpaired) electrons. The van der Waals surface area contributed by atoms with Crippen LogP contribution in [-0.4, -0.2) is 27.8 Å². The number of carbonyl (C=O) groups is 1. The Morgan fingerprint density at radius 2 is 1.96 bits per heavy atom. The molecule has 1 heterocycles. The predicted octanol–water partition coefficient (Wildman–Crippen LogP) is 3.11. The summed E-state index contributed by atoms with van der Waals surface area (Å²) in [5, 5.41) is 0.564. The molecule has 1 aromatic carbocycles. The second-order valence-corrected chi connectivity index (χ2v) is 7.69. The molecule has 0 atom stereocenters. The number of amides is 1. The van der Waals surface area contributed by atoms with E-state index in [4.69, 9.17) is 17.3 Å². The third kappa shape index (κ3) is 5.20. The molecule has 0 bridgehead atoms. The van der Waals surface area contributed by atoms with Crippen LogP contribution in [0, 0.1) is 0 Å². The van der Waals surface area contributed by atoms with Gasteiger partial charge in [-0.1, -0.05) is 44.0 Å². The molecule has 9 heteroatoms. The van der Waals surface area contributed by atoms with Gasteiger partial charge in [-0.25, -0.2) is 4.79 Å². The van der Waals surface area contributed by atoms with E-state index in [0.717, 1.165) is 11.3 Å². The average Bonchev–Trinajstić information content (AvgIpc) is 2.66. The maximum atomic E-state index is 13.0. The first kappa shape index (κ1) is 22.1. The monoisotopic (exact) mass is 424 g/mol. The van der Waals surface area contributed by atoms with Crippen LogP contribution in [0.3, 0.4) is 0 Å². The fraction of sp³-hybridized carbons (Fsp3) is 0.421. The van der Waals surface area contributed by atoms with Crippen molar-refractivity contribution in [1.29, 1.82) is 0 Å². The lowest BCUT2D eigenvalue weighted by molar-refractivity contribution is -0.116. The molecule has 152 valence electrons. The molecule has 0 fully saturated rings. The van der Waals surface area contributed by atoms with Gasteiger partial charge in [0, 0.05) is 18.0 Å². The molecule has 0 unspecified atom stereocenters. The third-order valence-corrected chi connectivity index (χ3v) is 5.66. The molecule has 1 amide bonds. The summed E-state index contributed by atoms with van der Waals surface area (Å²) in [6.45, 7) is 4.60. The minimum Gasteiger partial charge on any atom is -0.383 e. The summed E-state index contributed by atoms with van der Waals surface area (Å²) in [5.41, 5.74) is 4.95. The zero-order valence-electron chi connectivity index (χ0n) is 16.0. The molecular formula is C19H25ClN4O3S. The van der Waals surface area contributed by atoms with E-state index in [-0.39, 0.29) is 23.2 Å². The van der Waals surface area contributed by atoms with Crippen LogP contribution in [0.2, 0.25) is 5.02 Å². The van der Waals surface area contributed by atoms with Crippen molar-refractivity contribution in [2.24, 2.45) is 0 Å². The first-order chi connectivity index (χ1) is 13.4. The van der Waals surface area contributed by atoms with E-state index < -0.39 is 11.2 Å². The SMILES string of the molecule is CCCCN(C(=O)CSc1ccccc1Cl)c1c(N)n(CCC)c(=O)[nH]c1=O. The van der Waals surface area contributed by atoms with Gasteiger partial charge in [-0.3, -0.25) is 19.1 Å². The zero-order chi connectivity index (χ0) is 20.7. The Morgan fingerprint density at radius 1 is 1.25 bits per heavy atom. The molecule has 2 rings (SSSR count). The van der Waals surface area contributed by atoms with Crippen LogP contribution in [0.1, 0.15) is 33.1 Å². The van der Waals surface area contributed by atoms with Crippen LogP contribution in [0.5, 0.6) is 0 Å². The van der Waals surface area contributed by atoms with Crippen LogP contribution in [0.4, 0.5) is 11.5 Å². The highest BCUT2D eigenvalue weighted by Crippen LogP contribution is 2.27. The molecule has 3 N–H and O–H groups in total. The summed E-state index contributed by atoms with van der Waals surface area (Å²) in [6, 6.07) is 7.25. The Hall–Kier alpha value is -2.19. The van der Waals surface area contributed by atoms with Crippen molar-refractivity contribution in [1.82, 2.24) is 9.55 Å². The number of nitrogens with two attached hydrogens (primary N) is 1. The first-order valence-electron chi connectivity index (χ1n) is 9.20. The Balaban J connectivity index is 2.36. The van der Waals surface area contributed by atoms with Crippen LogP contribution >= 0.6 is 23.4 Å². The van der Waals surface area contributed by atoms with E-state index in [1.165, 1.54) is 21.2 Å². The molecular weight excluding hydrogens is 400 g/mol. The third-order valence-electron chi connectivity index (χ3n) is 4.16. The number of aromatic amines is 1. The fourth-order valence-corrected chi connectivity index (χ4v) is 3.86. The van der Waals surface area contributed by atoms with Crippen LogP contribution in [0.25, 0.3) is 0 Å². The average molecular weight is 425 g/mol. The minimum atomic E-state index is -0.651. The predicted molar refractivity (Wildman–Crippen MR) is 115 cm³/mol. The summed E-state index contributed by atoms with van der Waals surface area (Å²) in [4.78, 5) is 41.9. The number of halogens is 1. The van der Waals surface area contributed by atoms with Crippen molar-refractivity contribution in [3.05, 3.63) is 50.1 Å². The lowest BCUT2D eigenvalue weighted by Gasteiger charge is -2.24. The van der Waals surface area contributed by atoms with Gasteiger partial charge in [0.2, 0.25) is 5.91 Å². The van der Waals surface area contributed by atoms with Crippen molar-refractivity contribution in [2.45, 2.75) is 44.6 Å². The number of aromatic nitrogens is 2. The van der Waals surface area contributed by atoms with Crippen molar-refractivity contribution < 1.29 is 4.79 Å². The second-order valence-electron chi connectivity index (χ2n) is 6.26. The summed E-state index contributed by atoms with van der Waals surface area (Å²) in [6.07, 6.45) is 2.21. The zero-order valence-corrected chi connectivity index (χ0v) is 17.6. The lowest BCUT2D eigenvalue weighted by atomic mass is 10.2. The molecule has 0 saturated heterocycles. The van der Waals surface area contributed by atoms with E-state index in [0.29, 0.717) is 31.0 Å². The summed E-state index contributed by atoms with van der Waals surface area (Å²) in [7, 11) is 0. The summed E-state index contributed by atoms with van der Waals surface area (Å²) in [5.74, 6) is -0.153. The quantitative estimate of drug-likeness (QED) is 0.602. The van der Waals surface area contributed by atoms with Crippen LogP contribution in [0.15, 0.2) is 38.8 Å². The van der Waals surface area contributed by atoms with Gasteiger partial charge >= 0.3 is 5.69 Å². The number of hydrogen-bond acceptors (Lipinski definition) is 5. The van der Waals surface area contributed by atoms with Gasteiger partial charge < -0.3 is 10.6 Å². The number of nitrogens with one attached hydrogen (secondary N) is 1. The van der Waals surface area contributed by atoms with Crippen molar-refractivity contribution in [3.63, 3.8) is 0 Å². The van der Waals surface area contributed by atoms with E-state index in [9.17, 15) is 14.4 Å². The van der Waals surface area contributed by atoms with E-state index >= 15 is 0 Å². The van der Waals surface area contributed by atoms with Gasteiger partial charge in [-0.2, -0.15) is 0 Å². The number of rotatable bonds is 9. The van der Waals surface area contributed by atoms with Gasteiger partial charge in [-0.15, -0.1) is 11.8 Å². The molecule has 1 aromatic heterocycles. The Bertz CT molecular complexity index is 942. The van der Waals surface area contributed by atoms with E-state index in [2.05, 4.69) is 4.98 Å². The minimum absolute atomic E-state index is 0.0165. The number of nitrogen functional groups attached to an aromatic ring is 1. The second kappa shape index (κ2) is 10.4. The maximum Gasteiger partial charge on any atom is 0.330 e. The smallest absolute Gasteiger partial charge is 0.330 e. The fourth-order valence-electron chi connectivity index (χ4n) is 2.74. The van der Waals surface area contributed by atoms with Crippen molar-refractivity contribution in [2.75, 3.05) is 22.9 Å². The number of unbranched alkanes of at least 4 members (excludes halogenated alkanes) is 1. The topological polar surface area (TPSA) is 101 Å². The molecule has 0 spiro atoms. The molecule has 0 aliphatic rings. The Labute approximate surface area is 172 Å². The van der Waals surface area contributed by atoms with E-state index in [1.54, 1.807) is 6.07 Å². The normalized spacial score (nSPS) is 10.8. The highest BCUT2D eigenvalue weighted by Gasteiger charge is 2.24. The standard InChI is InChI=1S/C19H25ClN4O3S/c1-3-5-11-23(15(25)12-28-14-9-7-6-8-13(14)20)16-17(21)24(10-4-2)19(27)22-18(16)26/h6-9H,3-5,10-12,21H2,1-2H3,(H,22,26,27). The Kier molecular flexibility index (Phi) is 8.19. The van der Waals surface area contributed by atoms with E-state index in [1.807, 2.05) is 32.0 Å². The number of benzene rings is 1. The largest absolute Gasteiger partial charge is 0.383 e. The van der Waals surface area contributed by atoms with Gasteiger partial charge in [0.1, 0.15) is 5.82 Å². The first-order valence-corrected chi connectivity index (χ1v) is 10.6. The van der Waals surface area contributed by atoms with Crippen LogP contribution in [-0.2, 0) is 11.3 Å². The Morgan fingerprint density at radius 3 is 2.61 bits per heavy atom. The summed E-state index contributed by atoms with van der Waals surface area (Å²) >= 11 is 7.45.